The number of hydrogen-bond acceptors (Lipinski definition) is 6. The molecule has 0 saturated heterocycles. The van der Waals surface area contributed by atoms with Gasteiger partial charge in [0.1, 0.15) is 17.3 Å². The van der Waals surface area contributed by atoms with Gasteiger partial charge >= 0.3 is 0 Å². The van der Waals surface area contributed by atoms with Gasteiger partial charge in [-0.2, -0.15) is 0 Å². The lowest BCUT2D eigenvalue weighted by Crippen LogP contribution is -2.18. The minimum absolute atomic E-state index is 0.202. The second kappa shape index (κ2) is 5.03. The smallest absolute Gasteiger partial charge is 0.241 e. The summed E-state index contributed by atoms with van der Waals surface area (Å²) in [7, 11) is 1.55. The third kappa shape index (κ3) is 2.54. The number of aromatic nitrogens is 4. The zero-order valence-corrected chi connectivity index (χ0v) is 12.4. The SMILES string of the molecule is COc1nccnc1-c1nc(C(C)(C)C)nc(N)c1C. The maximum atomic E-state index is 6.01. The summed E-state index contributed by atoms with van der Waals surface area (Å²) in [5, 5.41) is 0. The molecule has 0 aliphatic carbocycles. The van der Waals surface area contributed by atoms with Crippen molar-refractivity contribution in [1.82, 2.24) is 19.9 Å². The van der Waals surface area contributed by atoms with Gasteiger partial charge in [-0.25, -0.2) is 19.9 Å². The molecular formula is C14H19N5O. The van der Waals surface area contributed by atoms with Crippen LogP contribution in [-0.2, 0) is 5.41 Å². The second-order valence-electron chi connectivity index (χ2n) is 5.57. The average molecular weight is 273 g/mol. The molecule has 2 rings (SSSR count). The number of methoxy groups -OCH3 is 1. The average Bonchev–Trinajstić information content (AvgIpc) is 2.40. The molecule has 0 aliphatic rings. The molecule has 0 spiro atoms. The number of nitrogen functional groups attached to an aromatic ring is 1. The Labute approximate surface area is 118 Å². The van der Waals surface area contributed by atoms with Crippen LogP contribution >= 0.6 is 0 Å². The zero-order valence-electron chi connectivity index (χ0n) is 12.4. The lowest BCUT2D eigenvalue weighted by atomic mass is 9.95. The molecule has 0 amide bonds. The highest BCUT2D eigenvalue weighted by Gasteiger charge is 2.23. The monoisotopic (exact) mass is 273 g/mol. The number of nitrogens with zero attached hydrogens (tertiary/aromatic N) is 4. The molecule has 106 valence electrons. The molecule has 0 atom stereocenters. The first-order valence-corrected chi connectivity index (χ1v) is 6.34. The summed E-state index contributed by atoms with van der Waals surface area (Å²) in [5.41, 5.74) is 7.81. The fraction of sp³-hybridized carbons (Fsp3) is 0.429. The van der Waals surface area contributed by atoms with Crippen LogP contribution in [0.2, 0.25) is 0 Å². The van der Waals surface area contributed by atoms with E-state index >= 15 is 0 Å². The summed E-state index contributed by atoms with van der Waals surface area (Å²) >= 11 is 0. The molecule has 2 aromatic rings. The van der Waals surface area contributed by atoms with Crippen LogP contribution in [0.25, 0.3) is 11.4 Å². The van der Waals surface area contributed by atoms with Crippen molar-refractivity contribution in [3.8, 4) is 17.3 Å². The standard InChI is InChI=1S/C14H19N5O/c1-8-9(10-12(20-5)17-7-6-16-10)18-13(14(2,3)4)19-11(8)15/h6-7H,1-5H3,(H2,15,18,19). The largest absolute Gasteiger partial charge is 0.479 e. The van der Waals surface area contributed by atoms with Gasteiger partial charge in [0, 0.05) is 23.4 Å². The molecule has 0 saturated carbocycles. The molecule has 0 unspecified atom stereocenters. The first kappa shape index (κ1) is 14.2. The maximum absolute atomic E-state index is 6.01. The Bertz CT molecular complexity index is 634. The Hall–Kier alpha value is -2.24. The Balaban J connectivity index is 2.70. The Morgan fingerprint density at radius 2 is 1.70 bits per heavy atom. The summed E-state index contributed by atoms with van der Waals surface area (Å²) < 4.78 is 5.25. The highest BCUT2D eigenvalue weighted by atomic mass is 16.5. The normalized spacial score (nSPS) is 11.4. The predicted octanol–water partition coefficient (Wildman–Crippen LogP) is 2.13. The quantitative estimate of drug-likeness (QED) is 0.902. The third-order valence-electron chi connectivity index (χ3n) is 2.94. The van der Waals surface area contributed by atoms with Crippen molar-refractivity contribution in [2.45, 2.75) is 33.1 Å². The van der Waals surface area contributed by atoms with Crippen LogP contribution in [0.3, 0.4) is 0 Å². The van der Waals surface area contributed by atoms with Crippen molar-refractivity contribution in [2.24, 2.45) is 0 Å². The summed E-state index contributed by atoms with van der Waals surface area (Å²) in [6.45, 7) is 7.98. The molecule has 2 aromatic heterocycles. The fourth-order valence-electron chi connectivity index (χ4n) is 1.74. The van der Waals surface area contributed by atoms with Crippen LogP contribution in [0.5, 0.6) is 5.88 Å². The van der Waals surface area contributed by atoms with Gasteiger partial charge < -0.3 is 10.5 Å². The minimum Gasteiger partial charge on any atom is -0.479 e. The van der Waals surface area contributed by atoms with Crippen molar-refractivity contribution in [3.63, 3.8) is 0 Å². The molecule has 0 radical (unpaired) electrons. The molecule has 6 heteroatoms. The molecule has 20 heavy (non-hydrogen) atoms. The third-order valence-corrected chi connectivity index (χ3v) is 2.94. The summed E-state index contributed by atoms with van der Waals surface area (Å²) in [6.07, 6.45) is 3.18. The van der Waals surface area contributed by atoms with Gasteiger partial charge in [-0.1, -0.05) is 20.8 Å². The van der Waals surface area contributed by atoms with Gasteiger partial charge in [-0.15, -0.1) is 0 Å². The van der Waals surface area contributed by atoms with Crippen molar-refractivity contribution in [2.75, 3.05) is 12.8 Å². The minimum atomic E-state index is -0.202. The van der Waals surface area contributed by atoms with Gasteiger partial charge in [0.15, 0.2) is 5.69 Å². The molecular weight excluding hydrogens is 254 g/mol. The summed E-state index contributed by atoms with van der Waals surface area (Å²) in [4.78, 5) is 17.4. The highest BCUT2D eigenvalue weighted by molar-refractivity contribution is 5.67. The Kier molecular flexibility index (Phi) is 3.57. The van der Waals surface area contributed by atoms with Crippen LogP contribution < -0.4 is 10.5 Å². The van der Waals surface area contributed by atoms with Crippen LogP contribution in [0.4, 0.5) is 5.82 Å². The Morgan fingerprint density at radius 1 is 1.05 bits per heavy atom. The predicted molar refractivity (Wildman–Crippen MR) is 77.5 cm³/mol. The van der Waals surface area contributed by atoms with Gasteiger partial charge in [-0.05, 0) is 6.92 Å². The van der Waals surface area contributed by atoms with Gasteiger partial charge in [-0.3, -0.25) is 0 Å². The van der Waals surface area contributed by atoms with Gasteiger partial charge in [0.25, 0.3) is 0 Å². The van der Waals surface area contributed by atoms with E-state index in [4.69, 9.17) is 10.5 Å². The molecule has 2 N–H and O–H groups in total. The van der Waals surface area contributed by atoms with Crippen molar-refractivity contribution < 1.29 is 4.74 Å². The molecule has 0 fully saturated rings. The number of rotatable bonds is 2. The van der Waals surface area contributed by atoms with E-state index in [1.165, 1.54) is 0 Å². The summed E-state index contributed by atoms with van der Waals surface area (Å²) in [6, 6.07) is 0. The molecule has 0 aliphatic heterocycles. The van der Waals surface area contributed by atoms with Crippen LogP contribution in [0.15, 0.2) is 12.4 Å². The molecule has 0 bridgehead atoms. The number of anilines is 1. The van der Waals surface area contributed by atoms with Crippen molar-refractivity contribution in [1.29, 1.82) is 0 Å². The fourth-order valence-corrected chi connectivity index (χ4v) is 1.74. The first-order valence-electron chi connectivity index (χ1n) is 6.34. The lowest BCUT2D eigenvalue weighted by Gasteiger charge is -2.19. The molecule has 6 nitrogen and oxygen atoms in total. The van der Waals surface area contributed by atoms with Crippen molar-refractivity contribution in [3.05, 3.63) is 23.8 Å². The van der Waals surface area contributed by atoms with E-state index < -0.39 is 0 Å². The first-order chi connectivity index (χ1) is 9.34. The zero-order chi connectivity index (χ0) is 14.9. The van der Waals surface area contributed by atoms with Crippen LogP contribution in [-0.4, -0.2) is 27.0 Å². The van der Waals surface area contributed by atoms with Crippen molar-refractivity contribution >= 4 is 5.82 Å². The lowest BCUT2D eigenvalue weighted by molar-refractivity contribution is 0.397. The van der Waals surface area contributed by atoms with E-state index in [1.807, 2.05) is 27.7 Å². The van der Waals surface area contributed by atoms with E-state index in [9.17, 15) is 0 Å². The number of nitrogens with two attached hydrogens (primary N) is 1. The van der Waals surface area contributed by atoms with Crippen LogP contribution in [0.1, 0.15) is 32.2 Å². The highest BCUT2D eigenvalue weighted by Crippen LogP contribution is 2.30. The van der Waals surface area contributed by atoms with Gasteiger partial charge in [0.05, 0.1) is 7.11 Å². The van der Waals surface area contributed by atoms with E-state index in [0.29, 0.717) is 28.9 Å². The topological polar surface area (TPSA) is 86.8 Å². The number of ether oxygens (including phenoxy) is 1. The summed E-state index contributed by atoms with van der Waals surface area (Å²) in [5.74, 6) is 1.55. The van der Waals surface area contributed by atoms with E-state index in [-0.39, 0.29) is 5.41 Å². The second-order valence-corrected chi connectivity index (χ2v) is 5.57. The number of hydrogen-bond donors (Lipinski definition) is 1. The molecule has 2 heterocycles. The van der Waals surface area contributed by atoms with E-state index in [1.54, 1.807) is 19.5 Å². The maximum Gasteiger partial charge on any atom is 0.241 e. The molecule has 0 aromatic carbocycles. The van der Waals surface area contributed by atoms with Gasteiger partial charge in [0.2, 0.25) is 5.88 Å². The van der Waals surface area contributed by atoms with E-state index in [0.717, 1.165) is 5.56 Å². The van der Waals surface area contributed by atoms with Crippen LogP contribution in [0, 0.1) is 6.92 Å². The Morgan fingerprint density at radius 3 is 2.30 bits per heavy atom. The van der Waals surface area contributed by atoms with E-state index in [2.05, 4.69) is 19.9 Å².